The molecule has 3 nitrogen and oxygen atoms in total. The Labute approximate surface area is 177 Å². The van der Waals surface area contributed by atoms with Gasteiger partial charge in [0.15, 0.2) is 0 Å². The minimum atomic E-state index is 0.295. The van der Waals surface area contributed by atoms with Gasteiger partial charge in [0.25, 0.3) is 0 Å². The summed E-state index contributed by atoms with van der Waals surface area (Å²) in [6, 6.07) is 19.2. The molecule has 0 amide bonds. The van der Waals surface area contributed by atoms with Gasteiger partial charge in [-0.15, -0.1) is 11.3 Å². The maximum Gasteiger partial charge on any atom is 0.137 e. The number of thiazole rings is 1. The lowest BCUT2D eigenvalue weighted by atomic mass is 9.99. The largest absolute Gasteiger partial charge is 0.299 e. The topological polar surface area (TPSA) is 33.2 Å². The molecule has 0 spiro atoms. The summed E-state index contributed by atoms with van der Waals surface area (Å²) in [4.78, 5) is 20.6. The number of benzene rings is 2. The third kappa shape index (κ3) is 5.01. The van der Waals surface area contributed by atoms with Crippen molar-refractivity contribution in [2.75, 3.05) is 13.1 Å². The van der Waals surface area contributed by atoms with Gasteiger partial charge < -0.3 is 0 Å². The molecule has 1 saturated heterocycles. The Balaban J connectivity index is 1.30. The van der Waals surface area contributed by atoms with Crippen molar-refractivity contribution in [3.05, 3.63) is 76.9 Å². The third-order valence-electron chi connectivity index (χ3n) is 5.69. The predicted molar refractivity (Wildman–Crippen MR) is 120 cm³/mol. The number of carbonyl (C=O) groups excluding carboxylic acids is 1. The summed E-state index contributed by atoms with van der Waals surface area (Å²) in [5.74, 6) is 0.884. The molecule has 4 rings (SSSR count). The zero-order chi connectivity index (χ0) is 20.2. The van der Waals surface area contributed by atoms with Crippen LogP contribution < -0.4 is 0 Å². The quantitative estimate of drug-likeness (QED) is 0.507. The molecule has 3 aromatic rings. The summed E-state index contributed by atoms with van der Waals surface area (Å²) < 4.78 is 0. The van der Waals surface area contributed by atoms with Crippen LogP contribution in [0.2, 0.25) is 0 Å². The van der Waals surface area contributed by atoms with E-state index in [1.807, 2.05) is 47.9 Å². The van der Waals surface area contributed by atoms with Crippen molar-refractivity contribution in [2.45, 2.75) is 45.1 Å². The van der Waals surface area contributed by atoms with Crippen LogP contribution in [0.15, 0.2) is 60.8 Å². The second-order valence-corrected chi connectivity index (χ2v) is 9.27. The normalized spacial score (nSPS) is 14.9. The van der Waals surface area contributed by atoms with Crippen LogP contribution in [-0.2, 0) is 17.6 Å². The van der Waals surface area contributed by atoms with Crippen LogP contribution in [0.3, 0.4) is 0 Å². The fourth-order valence-corrected chi connectivity index (χ4v) is 4.74. The summed E-state index contributed by atoms with van der Waals surface area (Å²) in [5.41, 5.74) is 3.52. The van der Waals surface area contributed by atoms with E-state index in [4.69, 9.17) is 0 Å². The lowest BCUT2D eigenvalue weighted by Gasteiger charge is -2.41. The van der Waals surface area contributed by atoms with Crippen molar-refractivity contribution in [1.29, 1.82) is 0 Å². The monoisotopic (exact) mass is 404 g/mol. The van der Waals surface area contributed by atoms with Crippen LogP contribution in [0.4, 0.5) is 0 Å². The van der Waals surface area contributed by atoms with E-state index in [2.05, 4.69) is 48.0 Å². The first kappa shape index (κ1) is 20.0. The van der Waals surface area contributed by atoms with Crippen molar-refractivity contribution >= 4 is 17.1 Å². The lowest BCUT2D eigenvalue weighted by Crippen LogP contribution is -2.48. The molecule has 2 heterocycles. The molecule has 150 valence electrons. The minimum absolute atomic E-state index is 0.295. The second-order valence-electron chi connectivity index (χ2n) is 8.21. The van der Waals surface area contributed by atoms with Gasteiger partial charge in [0, 0.05) is 44.1 Å². The average molecular weight is 405 g/mol. The molecule has 1 aliphatic rings. The molecule has 1 aliphatic heterocycles. The van der Waals surface area contributed by atoms with E-state index in [0.29, 0.717) is 30.6 Å². The van der Waals surface area contributed by atoms with Crippen LogP contribution >= 0.6 is 11.3 Å². The standard InChI is InChI=1S/C25H28N2OS/c1-18(2)27-16-22(17-27)25-26-15-24(29-25)21-11-8-19(9-12-21)10-13-23(28)14-20-6-4-3-5-7-20/h3-9,11-12,15,18,22H,10,13-14,16-17H2,1-2H3. The van der Waals surface area contributed by atoms with Gasteiger partial charge in [-0.1, -0.05) is 54.6 Å². The van der Waals surface area contributed by atoms with Gasteiger partial charge in [0.1, 0.15) is 5.78 Å². The van der Waals surface area contributed by atoms with Crippen molar-refractivity contribution in [2.24, 2.45) is 0 Å². The fourth-order valence-electron chi connectivity index (χ4n) is 3.73. The molecule has 0 aliphatic carbocycles. The van der Waals surface area contributed by atoms with Gasteiger partial charge in [-0.3, -0.25) is 9.69 Å². The molecule has 0 saturated carbocycles. The van der Waals surface area contributed by atoms with Gasteiger partial charge in [0.2, 0.25) is 0 Å². The highest BCUT2D eigenvalue weighted by Gasteiger charge is 2.31. The maximum absolute atomic E-state index is 12.2. The number of hydrogen-bond acceptors (Lipinski definition) is 4. The molecule has 4 heteroatoms. The van der Waals surface area contributed by atoms with Gasteiger partial charge in [-0.2, -0.15) is 0 Å². The number of likely N-dealkylation sites (tertiary alicyclic amines) is 1. The molecular formula is C25H28N2OS. The van der Waals surface area contributed by atoms with Crippen molar-refractivity contribution < 1.29 is 4.79 Å². The Bertz CT molecular complexity index is 940. The number of aromatic nitrogens is 1. The van der Waals surface area contributed by atoms with E-state index in [1.54, 1.807) is 0 Å². The van der Waals surface area contributed by atoms with Crippen LogP contribution in [-0.4, -0.2) is 34.8 Å². The molecular weight excluding hydrogens is 376 g/mol. The number of aryl methyl sites for hydroxylation is 1. The highest BCUT2D eigenvalue weighted by molar-refractivity contribution is 7.15. The Hall–Kier alpha value is -2.30. The number of rotatable bonds is 8. The number of nitrogens with zero attached hydrogens (tertiary/aromatic N) is 2. The Morgan fingerprint density at radius 3 is 2.48 bits per heavy atom. The van der Waals surface area contributed by atoms with E-state index in [9.17, 15) is 4.79 Å². The first-order valence-corrected chi connectivity index (χ1v) is 11.2. The second kappa shape index (κ2) is 9.02. The van der Waals surface area contributed by atoms with Gasteiger partial charge >= 0.3 is 0 Å². The van der Waals surface area contributed by atoms with E-state index < -0.39 is 0 Å². The zero-order valence-electron chi connectivity index (χ0n) is 17.2. The predicted octanol–water partition coefficient (Wildman–Crippen LogP) is 5.36. The lowest BCUT2D eigenvalue weighted by molar-refractivity contribution is -0.118. The first-order chi connectivity index (χ1) is 14.1. The van der Waals surface area contributed by atoms with Crippen LogP contribution in [0.5, 0.6) is 0 Å². The van der Waals surface area contributed by atoms with E-state index in [1.165, 1.54) is 21.0 Å². The fraction of sp³-hybridized carbons (Fsp3) is 0.360. The van der Waals surface area contributed by atoms with Crippen molar-refractivity contribution in [3.8, 4) is 10.4 Å². The summed E-state index contributed by atoms with van der Waals surface area (Å²) in [6.45, 7) is 6.75. The summed E-state index contributed by atoms with van der Waals surface area (Å²) in [6.07, 6.45) is 3.92. The molecule has 0 atom stereocenters. The summed E-state index contributed by atoms with van der Waals surface area (Å²) >= 11 is 1.82. The molecule has 0 bridgehead atoms. The number of Topliss-reactive ketones (excluding diaryl/α,β-unsaturated/α-hetero) is 1. The Kier molecular flexibility index (Phi) is 6.22. The van der Waals surface area contributed by atoms with Crippen molar-refractivity contribution in [3.63, 3.8) is 0 Å². The number of ketones is 1. The van der Waals surface area contributed by atoms with Crippen LogP contribution in [0.25, 0.3) is 10.4 Å². The average Bonchev–Trinajstić information content (AvgIpc) is 3.16. The maximum atomic E-state index is 12.2. The molecule has 0 N–H and O–H groups in total. The Morgan fingerprint density at radius 1 is 1.07 bits per heavy atom. The molecule has 1 fully saturated rings. The molecule has 0 unspecified atom stereocenters. The van der Waals surface area contributed by atoms with Crippen molar-refractivity contribution in [1.82, 2.24) is 9.88 Å². The van der Waals surface area contributed by atoms with Gasteiger partial charge in [0.05, 0.1) is 9.88 Å². The van der Waals surface area contributed by atoms with Gasteiger partial charge in [-0.05, 0) is 37.0 Å². The number of hydrogen-bond donors (Lipinski definition) is 0. The highest BCUT2D eigenvalue weighted by Crippen LogP contribution is 2.35. The highest BCUT2D eigenvalue weighted by atomic mass is 32.1. The molecule has 0 radical (unpaired) electrons. The molecule has 2 aromatic carbocycles. The SMILES string of the molecule is CC(C)N1CC(c2ncc(-c3ccc(CCC(=O)Cc4ccccc4)cc3)s2)C1. The summed E-state index contributed by atoms with van der Waals surface area (Å²) in [7, 11) is 0. The Morgan fingerprint density at radius 2 is 1.79 bits per heavy atom. The number of carbonyl (C=O) groups is 1. The van der Waals surface area contributed by atoms with E-state index in [0.717, 1.165) is 25.1 Å². The van der Waals surface area contributed by atoms with Gasteiger partial charge in [-0.25, -0.2) is 4.98 Å². The molecule has 1 aromatic heterocycles. The minimum Gasteiger partial charge on any atom is -0.299 e. The molecule has 29 heavy (non-hydrogen) atoms. The third-order valence-corrected chi connectivity index (χ3v) is 6.90. The smallest absolute Gasteiger partial charge is 0.137 e. The first-order valence-electron chi connectivity index (χ1n) is 10.4. The van der Waals surface area contributed by atoms with E-state index >= 15 is 0 Å². The van der Waals surface area contributed by atoms with Crippen LogP contribution in [0.1, 0.15) is 42.3 Å². The van der Waals surface area contributed by atoms with E-state index in [-0.39, 0.29) is 0 Å². The summed E-state index contributed by atoms with van der Waals surface area (Å²) in [5, 5.41) is 1.26. The zero-order valence-corrected chi connectivity index (χ0v) is 18.0. The van der Waals surface area contributed by atoms with Crippen LogP contribution in [0, 0.1) is 0 Å².